The number of aromatic amines is 1. The van der Waals surface area contributed by atoms with Crippen molar-refractivity contribution in [2.24, 2.45) is 0 Å². The molecular formula is C3H6CaN2. The molecule has 0 spiro atoms. The molecule has 0 radical (unpaired) electrons. The van der Waals surface area contributed by atoms with Crippen molar-refractivity contribution < 1.29 is 2.85 Å². The van der Waals surface area contributed by atoms with Crippen molar-refractivity contribution in [1.29, 1.82) is 0 Å². The fourth-order valence-electron chi connectivity index (χ4n) is 0.215. The van der Waals surface area contributed by atoms with Crippen LogP contribution in [0.5, 0.6) is 0 Å². The number of hydrogen-bond acceptors (Lipinski definition) is 1. The van der Waals surface area contributed by atoms with Gasteiger partial charge in [-0.1, -0.05) is 0 Å². The van der Waals surface area contributed by atoms with Gasteiger partial charge in [0.05, 0.1) is 6.33 Å². The Morgan fingerprint density at radius 2 is 2.50 bits per heavy atom. The monoisotopic (exact) mass is 110 g/mol. The molecule has 2 nitrogen and oxygen atoms in total. The van der Waals surface area contributed by atoms with Crippen molar-refractivity contribution in [3.8, 4) is 0 Å². The molecule has 0 aliphatic rings. The largest absolute Gasteiger partial charge is 2.00 e. The summed E-state index contributed by atoms with van der Waals surface area (Å²) in [5.41, 5.74) is 0. The van der Waals surface area contributed by atoms with Crippen LogP contribution in [-0.4, -0.2) is 47.7 Å². The molecule has 1 N–H and O–H groups in total. The molecular weight excluding hydrogens is 104 g/mol. The molecule has 0 bridgehead atoms. The van der Waals surface area contributed by atoms with Crippen LogP contribution in [0.25, 0.3) is 0 Å². The molecule has 0 unspecified atom stereocenters. The molecule has 1 aromatic rings. The number of rotatable bonds is 0. The molecule has 3 heteroatoms. The molecule has 0 aliphatic heterocycles. The fraction of sp³-hybridized carbons (Fsp3) is 0. The summed E-state index contributed by atoms with van der Waals surface area (Å²) in [6, 6.07) is 0. The number of nitrogens with one attached hydrogen (secondary N) is 1. The third kappa shape index (κ3) is 1.80. The van der Waals surface area contributed by atoms with Crippen LogP contribution in [-0.2, 0) is 0 Å². The van der Waals surface area contributed by atoms with Crippen molar-refractivity contribution >= 4 is 37.7 Å². The SMILES string of the molecule is [Ca+2].[H-].[H-].c1c[nH]cn1. The first-order valence-electron chi connectivity index (χ1n) is 1.43. The first-order valence-corrected chi connectivity index (χ1v) is 1.43. The summed E-state index contributed by atoms with van der Waals surface area (Å²) in [7, 11) is 0. The molecule has 0 atom stereocenters. The molecule has 0 saturated carbocycles. The molecule has 0 amide bonds. The Bertz CT molecular complexity index is 71.8. The fourth-order valence-corrected chi connectivity index (χ4v) is 0.215. The van der Waals surface area contributed by atoms with E-state index in [0.29, 0.717) is 0 Å². The van der Waals surface area contributed by atoms with Gasteiger partial charge in [-0.2, -0.15) is 0 Å². The van der Waals surface area contributed by atoms with Gasteiger partial charge in [0.1, 0.15) is 0 Å². The Kier molecular flexibility index (Phi) is 3.94. The standard InChI is InChI=1S/C3H4N2.Ca.2H/c1-2-5-3-4-1;;;/h1-3H,(H,4,5);;;/q;+2;2*-1. The van der Waals surface area contributed by atoms with Crippen LogP contribution in [0, 0.1) is 0 Å². The molecule has 30 valence electrons. The maximum atomic E-state index is 3.67. The van der Waals surface area contributed by atoms with Crippen molar-refractivity contribution in [2.75, 3.05) is 0 Å². The van der Waals surface area contributed by atoms with Gasteiger partial charge >= 0.3 is 37.7 Å². The van der Waals surface area contributed by atoms with E-state index in [1.54, 1.807) is 18.7 Å². The Labute approximate surface area is 68.9 Å². The van der Waals surface area contributed by atoms with Crippen molar-refractivity contribution in [3.63, 3.8) is 0 Å². The normalized spacial score (nSPS) is 6.67. The quantitative estimate of drug-likeness (QED) is 0.477. The number of imidazole rings is 1. The van der Waals surface area contributed by atoms with Gasteiger partial charge in [-0.25, -0.2) is 4.98 Å². The van der Waals surface area contributed by atoms with E-state index in [1.807, 2.05) is 0 Å². The summed E-state index contributed by atoms with van der Waals surface area (Å²) in [4.78, 5) is 6.42. The van der Waals surface area contributed by atoms with Crippen LogP contribution >= 0.6 is 0 Å². The minimum Gasteiger partial charge on any atom is -1.00 e. The zero-order chi connectivity index (χ0) is 3.54. The van der Waals surface area contributed by atoms with Gasteiger partial charge in [-0.3, -0.25) is 0 Å². The molecule has 6 heavy (non-hydrogen) atoms. The Balaban J connectivity index is -0.0000000833. The van der Waals surface area contributed by atoms with Gasteiger partial charge in [-0.15, -0.1) is 0 Å². The predicted molar refractivity (Wildman–Crippen MR) is 26.6 cm³/mol. The average Bonchev–Trinajstić information content (AvgIpc) is 1.76. The Morgan fingerprint density at radius 3 is 2.67 bits per heavy atom. The first-order chi connectivity index (χ1) is 2.50. The Hall–Kier alpha value is 0.470. The zero-order valence-electron chi connectivity index (χ0n) is 5.39. The molecule has 0 saturated heterocycles. The van der Waals surface area contributed by atoms with Gasteiger partial charge < -0.3 is 7.84 Å². The molecule has 1 aromatic heterocycles. The molecule has 0 aromatic carbocycles. The van der Waals surface area contributed by atoms with E-state index in [1.165, 1.54) is 0 Å². The number of aromatic nitrogens is 2. The summed E-state index contributed by atoms with van der Waals surface area (Å²) in [5, 5.41) is 0. The van der Waals surface area contributed by atoms with E-state index in [9.17, 15) is 0 Å². The van der Waals surface area contributed by atoms with E-state index in [0.717, 1.165) is 0 Å². The smallest absolute Gasteiger partial charge is 1.00 e. The van der Waals surface area contributed by atoms with Crippen LogP contribution < -0.4 is 0 Å². The van der Waals surface area contributed by atoms with Gasteiger partial charge in [0.2, 0.25) is 0 Å². The van der Waals surface area contributed by atoms with Crippen molar-refractivity contribution in [3.05, 3.63) is 18.7 Å². The van der Waals surface area contributed by atoms with E-state index in [4.69, 9.17) is 0 Å². The number of hydrogen-bond donors (Lipinski definition) is 1. The molecule has 1 heterocycles. The van der Waals surface area contributed by atoms with Gasteiger partial charge in [0.25, 0.3) is 0 Å². The first kappa shape index (κ1) is 6.47. The van der Waals surface area contributed by atoms with Crippen LogP contribution in [0.4, 0.5) is 0 Å². The van der Waals surface area contributed by atoms with E-state index < -0.39 is 0 Å². The van der Waals surface area contributed by atoms with E-state index in [-0.39, 0.29) is 40.6 Å². The summed E-state index contributed by atoms with van der Waals surface area (Å²) >= 11 is 0. The van der Waals surface area contributed by atoms with Crippen LogP contribution in [0.1, 0.15) is 2.85 Å². The summed E-state index contributed by atoms with van der Waals surface area (Å²) < 4.78 is 0. The van der Waals surface area contributed by atoms with Crippen LogP contribution in [0.3, 0.4) is 0 Å². The maximum absolute atomic E-state index is 3.67. The van der Waals surface area contributed by atoms with Gasteiger partial charge in [0.15, 0.2) is 0 Å². The second-order valence-electron chi connectivity index (χ2n) is 0.761. The second-order valence-corrected chi connectivity index (χ2v) is 0.761. The van der Waals surface area contributed by atoms with E-state index >= 15 is 0 Å². The predicted octanol–water partition coefficient (Wildman–Crippen LogP) is 0.254. The van der Waals surface area contributed by atoms with Gasteiger partial charge in [-0.05, 0) is 0 Å². The summed E-state index contributed by atoms with van der Waals surface area (Å²) in [6.45, 7) is 0. The second kappa shape index (κ2) is 3.65. The number of H-pyrrole nitrogens is 1. The summed E-state index contributed by atoms with van der Waals surface area (Å²) in [6.07, 6.45) is 5.08. The molecule has 0 aliphatic carbocycles. The summed E-state index contributed by atoms with van der Waals surface area (Å²) in [5.74, 6) is 0. The van der Waals surface area contributed by atoms with Crippen molar-refractivity contribution in [1.82, 2.24) is 9.97 Å². The van der Waals surface area contributed by atoms with Crippen LogP contribution in [0.15, 0.2) is 18.7 Å². The minimum atomic E-state index is 0. The zero-order valence-corrected chi connectivity index (χ0v) is 5.59. The minimum absolute atomic E-state index is 0. The van der Waals surface area contributed by atoms with Crippen LogP contribution in [0.2, 0.25) is 0 Å². The molecule has 0 fully saturated rings. The van der Waals surface area contributed by atoms with Gasteiger partial charge in [0, 0.05) is 12.4 Å². The number of nitrogens with zero attached hydrogens (tertiary/aromatic N) is 1. The Morgan fingerprint density at radius 1 is 1.67 bits per heavy atom. The third-order valence-electron chi connectivity index (χ3n) is 0.406. The van der Waals surface area contributed by atoms with E-state index in [2.05, 4.69) is 9.97 Å². The topological polar surface area (TPSA) is 28.7 Å². The molecule has 1 rings (SSSR count). The van der Waals surface area contributed by atoms with Crippen molar-refractivity contribution in [2.45, 2.75) is 0 Å². The average molecular weight is 110 g/mol. The maximum Gasteiger partial charge on any atom is 2.00 e. The third-order valence-corrected chi connectivity index (χ3v) is 0.406.